The molecule has 3 aliphatic rings. The summed E-state index contributed by atoms with van der Waals surface area (Å²) in [7, 11) is 0. The topological polar surface area (TPSA) is 70.6 Å². The molecular formula is C20H25N3O2S. The molecule has 138 valence electrons. The molecule has 2 amide bonds. The largest absolute Gasteiger partial charge is 0.324 e. The van der Waals surface area contributed by atoms with E-state index < -0.39 is 5.25 Å². The SMILES string of the molecule is CC1(C)[C@@H]2CC[C@]1(C)/C(=N/NC(=O)C[C@H]1Sc3ccccc3NC1=O)C2. The molecule has 2 N–H and O–H groups in total. The zero-order valence-electron chi connectivity index (χ0n) is 15.5. The van der Waals surface area contributed by atoms with Crippen LogP contribution in [0, 0.1) is 16.7 Å². The van der Waals surface area contributed by atoms with Crippen molar-refractivity contribution in [3.05, 3.63) is 24.3 Å². The third-order valence-electron chi connectivity index (χ3n) is 6.91. The molecule has 3 atom stereocenters. The lowest BCUT2D eigenvalue weighted by atomic mass is 9.70. The van der Waals surface area contributed by atoms with Crippen molar-refractivity contribution < 1.29 is 9.59 Å². The zero-order chi connectivity index (χ0) is 18.5. The summed E-state index contributed by atoms with van der Waals surface area (Å²) in [5.41, 5.74) is 4.95. The van der Waals surface area contributed by atoms with E-state index >= 15 is 0 Å². The molecule has 2 aliphatic carbocycles. The Morgan fingerprint density at radius 2 is 2.12 bits per heavy atom. The second-order valence-corrected chi connectivity index (χ2v) is 9.63. The molecule has 6 heteroatoms. The molecule has 1 aliphatic heterocycles. The minimum atomic E-state index is -0.419. The maximum atomic E-state index is 12.4. The fraction of sp³-hybridized carbons (Fsp3) is 0.550. The van der Waals surface area contributed by atoms with Gasteiger partial charge in [-0.1, -0.05) is 32.9 Å². The van der Waals surface area contributed by atoms with Gasteiger partial charge < -0.3 is 5.32 Å². The molecule has 0 aromatic heterocycles. The van der Waals surface area contributed by atoms with Crippen LogP contribution in [0.2, 0.25) is 0 Å². The fourth-order valence-corrected chi connectivity index (χ4v) is 5.78. The first-order valence-corrected chi connectivity index (χ1v) is 10.1. The molecule has 0 radical (unpaired) electrons. The summed E-state index contributed by atoms with van der Waals surface area (Å²) in [6.07, 6.45) is 3.48. The number of anilines is 1. The van der Waals surface area contributed by atoms with Gasteiger partial charge in [0.05, 0.1) is 10.9 Å². The predicted molar refractivity (Wildman–Crippen MR) is 104 cm³/mol. The first-order chi connectivity index (χ1) is 12.3. The number of carbonyl (C=O) groups excluding carboxylic acids is 2. The normalized spacial score (nSPS) is 33.0. The first-order valence-electron chi connectivity index (χ1n) is 9.24. The quantitative estimate of drug-likeness (QED) is 0.794. The number of hydrazone groups is 1. The lowest BCUT2D eigenvalue weighted by Gasteiger charge is -2.34. The van der Waals surface area contributed by atoms with Gasteiger partial charge in [0.15, 0.2) is 0 Å². The summed E-state index contributed by atoms with van der Waals surface area (Å²) in [4.78, 5) is 25.6. The number of nitrogens with zero attached hydrogens (tertiary/aromatic N) is 1. The van der Waals surface area contributed by atoms with E-state index in [1.807, 2.05) is 24.3 Å². The Morgan fingerprint density at radius 1 is 1.35 bits per heavy atom. The molecular weight excluding hydrogens is 346 g/mol. The Bertz CT molecular complexity index is 804. The van der Waals surface area contributed by atoms with Crippen LogP contribution in [0.1, 0.15) is 46.5 Å². The molecule has 1 aromatic rings. The highest BCUT2D eigenvalue weighted by Gasteiger charge is 2.60. The average molecular weight is 372 g/mol. The van der Waals surface area contributed by atoms with Crippen LogP contribution >= 0.6 is 11.8 Å². The number of benzene rings is 1. The average Bonchev–Trinajstić information content (AvgIpc) is 2.94. The molecule has 0 unspecified atom stereocenters. The number of hydrogen-bond donors (Lipinski definition) is 2. The molecule has 5 nitrogen and oxygen atoms in total. The van der Waals surface area contributed by atoms with Crippen molar-refractivity contribution in [2.24, 2.45) is 21.8 Å². The number of fused-ring (bicyclic) bond motifs is 3. The predicted octanol–water partition coefficient (Wildman–Crippen LogP) is 3.81. The van der Waals surface area contributed by atoms with Crippen molar-refractivity contribution in [2.45, 2.75) is 56.6 Å². The Morgan fingerprint density at radius 3 is 2.81 bits per heavy atom. The third-order valence-corrected chi connectivity index (χ3v) is 8.18. The van der Waals surface area contributed by atoms with Crippen molar-refractivity contribution in [1.29, 1.82) is 0 Å². The number of carbonyl (C=O) groups is 2. The van der Waals surface area contributed by atoms with Crippen LogP contribution in [-0.4, -0.2) is 22.8 Å². The lowest BCUT2D eigenvalue weighted by molar-refractivity contribution is -0.124. The van der Waals surface area contributed by atoms with E-state index in [0.29, 0.717) is 5.92 Å². The van der Waals surface area contributed by atoms with Crippen LogP contribution in [0.3, 0.4) is 0 Å². The first kappa shape index (κ1) is 17.6. The van der Waals surface area contributed by atoms with Crippen LogP contribution in [0.4, 0.5) is 5.69 Å². The van der Waals surface area contributed by atoms with E-state index in [1.54, 1.807) is 0 Å². The summed E-state index contributed by atoms with van der Waals surface area (Å²) in [5, 5.41) is 6.94. The summed E-state index contributed by atoms with van der Waals surface area (Å²) in [6, 6.07) is 7.66. The highest BCUT2D eigenvalue weighted by molar-refractivity contribution is 8.01. The molecule has 2 bridgehead atoms. The molecule has 0 saturated heterocycles. The van der Waals surface area contributed by atoms with E-state index in [0.717, 1.165) is 29.1 Å². The Hall–Kier alpha value is -1.82. The van der Waals surface area contributed by atoms with Crippen molar-refractivity contribution in [3.8, 4) is 0 Å². The van der Waals surface area contributed by atoms with Crippen LogP contribution in [0.5, 0.6) is 0 Å². The third kappa shape index (κ3) is 2.66. The Labute approximate surface area is 158 Å². The van der Waals surface area contributed by atoms with Gasteiger partial charge in [-0.05, 0) is 42.7 Å². The van der Waals surface area contributed by atoms with Crippen molar-refractivity contribution in [2.75, 3.05) is 5.32 Å². The minimum absolute atomic E-state index is 0.0703. The highest BCUT2D eigenvalue weighted by atomic mass is 32.2. The van der Waals surface area contributed by atoms with E-state index in [9.17, 15) is 9.59 Å². The van der Waals surface area contributed by atoms with E-state index in [1.165, 1.54) is 18.2 Å². The van der Waals surface area contributed by atoms with Gasteiger partial charge in [-0.3, -0.25) is 9.59 Å². The van der Waals surface area contributed by atoms with E-state index in [2.05, 4.69) is 36.6 Å². The second-order valence-electron chi connectivity index (χ2n) is 8.38. The minimum Gasteiger partial charge on any atom is -0.324 e. The number of thioether (sulfide) groups is 1. The van der Waals surface area contributed by atoms with Gasteiger partial charge in [-0.15, -0.1) is 11.8 Å². The summed E-state index contributed by atoms with van der Waals surface area (Å²) >= 11 is 1.44. The summed E-state index contributed by atoms with van der Waals surface area (Å²) < 4.78 is 0. The van der Waals surface area contributed by atoms with Gasteiger partial charge in [0.25, 0.3) is 0 Å². The number of para-hydroxylation sites is 1. The summed E-state index contributed by atoms with van der Waals surface area (Å²) in [6.45, 7) is 6.90. The van der Waals surface area contributed by atoms with Gasteiger partial charge in [0.2, 0.25) is 11.8 Å². The smallest absolute Gasteiger partial charge is 0.241 e. The zero-order valence-corrected chi connectivity index (χ0v) is 16.3. The maximum absolute atomic E-state index is 12.4. The molecule has 0 spiro atoms. The molecule has 1 aromatic carbocycles. The van der Waals surface area contributed by atoms with Crippen molar-refractivity contribution >= 4 is 35.0 Å². The van der Waals surface area contributed by atoms with Gasteiger partial charge >= 0.3 is 0 Å². The molecule has 2 saturated carbocycles. The van der Waals surface area contributed by atoms with Gasteiger partial charge in [-0.25, -0.2) is 5.43 Å². The van der Waals surface area contributed by atoms with Crippen molar-refractivity contribution in [3.63, 3.8) is 0 Å². The summed E-state index contributed by atoms with van der Waals surface area (Å²) in [5.74, 6) is 0.331. The number of rotatable bonds is 3. The van der Waals surface area contributed by atoms with Gasteiger partial charge in [0.1, 0.15) is 0 Å². The second kappa shape index (κ2) is 6.12. The molecule has 26 heavy (non-hydrogen) atoms. The molecule has 4 rings (SSSR count). The standard InChI is InChI=1S/C20H25N3O2S/c1-19(2)12-8-9-20(19,3)16(10-12)22-23-17(24)11-15-18(25)21-13-6-4-5-7-14(13)26-15/h4-7,12,15H,8-11H2,1-3H3,(H,21,25)(H,23,24)/b22-16+/t12-,15-,20-/m1/s1. The number of hydrogen-bond acceptors (Lipinski definition) is 4. The van der Waals surface area contributed by atoms with Crippen molar-refractivity contribution in [1.82, 2.24) is 5.43 Å². The van der Waals surface area contributed by atoms with Crippen LogP contribution < -0.4 is 10.7 Å². The van der Waals surface area contributed by atoms with Gasteiger partial charge in [0, 0.05) is 22.4 Å². The Kier molecular flexibility index (Phi) is 4.14. The van der Waals surface area contributed by atoms with Gasteiger partial charge in [-0.2, -0.15) is 5.10 Å². The van der Waals surface area contributed by atoms with Crippen LogP contribution in [-0.2, 0) is 9.59 Å². The lowest BCUT2D eigenvalue weighted by Crippen LogP contribution is -2.36. The Balaban J connectivity index is 1.40. The van der Waals surface area contributed by atoms with E-state index in [-0.39, 0.29) is 29.1 Å². The maximum Gasteiger partial charge on any atom is 0.241 e. The fourth-order valence-electron chi connectivity index (χ4n) is 4.67. The number of amides is 2. The van der Waals surface area contributed by atoms with Crippen LogP contribution in [0.25, 0.3) is 0 Å². The highest BCUT2D eigenvalue weighted by Crippen LogP contribution is 2.63. The number of nitrogens with one attached hydrogen (secondary N) is 2. The monoisotopic (exact) mass is 371 g/mol. The molecule has 1 heterocycles. The molecule has 2 fully saturated rings. The van der Waals surface area contributed by atoms with Crippen LogP contribution in [0.15, 0.2) is 34.3 Å². The van der Waals surface area contributed by atoms with E-state index in [4.69, 9.17) is 0 Å².